The van der Waals surface area contributed by atoms with Gasteiger partial charge in [-0.15, -0.1) is 0 Å². The molecule has 0 bridgehead atoms. The van der Waals surface area contributed by atoms with Crippen LogP contribution in [0.25, 0.3) is 0 Å². The van der Waals surface area contributed by atoms with Gasteiger partial charge in [0.25, 0.3) is 0 Å². The van der Waals surface area contributed by atoms with E-state index >= 15 is 0 Å². The molecule has 1 saturated carbocycles. The molecule has 0 atom stereocenters. The van der Waals surface area contributed by atoms with Crippen molar-refractivity contribution in [2.45, 2.75) is 38.2 Å². The standard InChI is InChI=1S/C14H21NO3/c1-16-13-8-4-5-11(9-10-17-15)14(13)18-12-6-2-3-7-12/h4-5,8,12H,2-3,6-7,9-10,15H2,1H3. The van der Waals surface area contributed by atoms with Crippen molar-refractivity contribution in [3.8, 4) is 11.5 Å². The van der Waals surface area contributed by atoms with Crippen molar-refractivity contribution in [2.75, 3.05) is 13.7 Å². The summed E-state index contributed by atoms with van der Waals surface area (Å²) in [6.07, 6.45) is 5.81. The van der Waals surface area contributed by atoms with Crippen LogP contribution in [-0.2, 0) is 11.3 Å². The Bertz CT molecular complexity index is 375. The van der Waals surface area contributed by atoms with Gasteiger partial charge in [-0.1, -0.05) is 12.1 Å². The zero-order valence-corrected chi connectivity index (χ0v) is 10.9. The summed E-state index contributed by atoms with van der Waals surface area (Å²) in [5.74, 6) is 6.73. The van der Waals surface area contributed by atoms with Crippen LogP contribution in [0.15, 0.2) is 18.2 Å². The second-order valence-corrected chi connectivity index (χ2v) is 4.59. The smallest absolute Gasteiger partial charge is 0.164 e. The molecule has 1 aliphatic rings. The summed E-state index contributed by atoms with van der Waals surface area (Å²) in [5, 5.41) is 0. The van der Waals surface area contributed by atoms with Gasteiger partial charge >= 0.3 is 0 Å². The molecular formula is C14H21NO3. The topological polar surface area (TPSA) is 53.7 Å². The first kappa shape index (κ1) is 13.2. The molecule has 0 aromatic heterocycles. The third-order valence-electron chi connectivity index (χ3n) is 3.36. The zero-order chi connectivity index (χ0) is 12.8. The van der Waals surface area contributed by atoms with Crippen LogP contribution in [0.1, 0.15) is 31.2 Å². The first-order chi connectivity index (χ1) is 8.85. The van der Waals surface area contributed by atoms with Crippen LogP contribution in [0.4, 0.5) is 0 Å². The van der Waals surface area contributed by atoms with Gasteiger partial charge in [0.05, 0.1) is 19.8 Å². The molecule has 18 heavy (non-hydrogen) atoms. The Morgan fingerprint density at radius 2 is 2.06 bits per heavy atom. The molecule has 0 aliphatic heterocycles. The first-order valence-electron chi connectivity index (χ1n) is 6.49. The van der Waals surface area contributed by atoms with Crippen LogP contribution in [0.3, 0.4) is 0 Å². The Labute approximate surface area is 108 Å². The van der Waals surface area contributed by atoms with Gasteiger partial charge in [0.1, 0.15) is 0 Å². The van der Waals surface area contributed by atoms with Gasteiger partial charge in [0, 0.05) is 12.0 Å². The molecule has 0 amide bonds. The normalized spacial score (nSPS) is 15.9. The van der Waals surface area contributed by atoms with Gasteiger partial charge in [-0.2, -0.15) is 0 Å². The average molecular weight is 251 g/mol. The van der Waals surface area contributed by atoms with Crippen molar-refractivity contribution in [1.29, 1.82) is 0 Å². The maximum Gasteiger partial charge on any atom is 0.164 e. The fraction of sp³-hybridized carbons (Fsp3) is 0.571. The zero-order valence-electron chi connectivity index (χ0n) is 10.9. The van der Waals surface area contributed by atoms with Crippen molar-refractivity contribution in [3.63, 3.8) is 0 Å². The van der Waals surface area contributed by atoms with E-state index in [1.54, 1.807) is 7.11 Å². The van der Waals surface area contributed by atoms with Gasteiger partial charge < -0.3 is 14.3 Å². The predicted octanol–water partition coefficient (Wildman–Crippen LogP) is 2.45. The number of para-hydroxylation sites is 1. The lowest BCUT2D eigenvalue weighted by molar-refractivity contribution is 0.139. The summed E-state index contributed by atoms with van der Waals surface area (Å²) < 4.78 is 11.5. The van der Waals surface area contributed by atoms with Gasteiger partial charge in [0.15, 0.2) is 11.5 Å². The van der Waals surface area contributed by atoms with Gasteiger partial charge in [-0.05, 0) is 31.7 Å². The number of benzene rings is 1. The number of methoxy groups -OCH3 is 1. The summed E-state index contributed by atoms with van der Waals surface area (Å²) in [5.41, 5.74) is 1.09. The molecule has 1 aromatic rings. The van der Waals surface area contributed by atoms with Gasteiger partial charge in [0.2, 0.25) is 0 Å². The summed E-state index contributed by atoms with van der Waals surface area (Å²) in [7, 11) is 1.67. The van der Waals surface area contributed by atoms with Crippen molar-refractivity contribution in [2.24, 2.45) is 5.90 Å². The van der Waals surface area contributed by atoms with Crippen molar-refractivity contribution >= 4 is 0 Å². The lowest BCUT2D eigenvalue weighted by atomic mass is 10.1. The molecule has 0 radical (unpaired) electrons. The second kappa shape index (κ2) is 6.61. The van der Waals surface area contributed by atoms with Crippen LogP contribution < -0.4 is 15.4 Å². The van der Waals surface area contributed by atoms with E-state index in [1.165, 1.54) is 12.8 Å². The Morgan fingerprint density at radius 1 is 1.28 bits per heavy atom. The monoisotopic (exact) mass is 251 g/mol. The molecule has 0 heterocycles. The van der Waals surface area contributed by atoms with E-state index in [-0.39, 0.29) is 0 Å². The van der Waals surface area contributed by atoms with Crippen LogP contribution in [0.5, 0.6) is 11.5 Å². The maximum absolute atomic E-state index is 6.10. The van der Waals surface area contributed by atoms with Crippen LogP contribution >= 0.6 is 0 Å². The van der Waals surface area contributed by atoms with Crippen LogP contribution in [0, 0.1) is 0 Å². The molecule has 2 N–H and O–H groups in total. The lowest BCUT2D eigenvalue weighted by Gasteiger charge is -2.19. The van der Waals surface area contributed by atoms with E-state index in [0.29, 0.717) is 12.7 Å². The van der Waals surface area contributed by atoms with E-state index in [4.69, 9.17) is 15.4 Å². The SMILES string of the molecule is COc1cccc(CCON)c1OC1CCCC1. The highest BCUT2D eigenvalue weighted by atomic mass is 16.6. The molecule has 100 valence electrons. The summed E-state index contributed by atoms with van der Waals surface area (Å²) >= 11 is 0. The lowest BCUT2D eigenvalue weighted by Crippen LogP contribution is -2.14. The molecule has 2 rings (SSSR count). The highest BCUT2D eigenvalue weighted by Gasteiger charge is 2.20. The third kappa shape index (κ3) is 3.15. The minimum absolute atomic E-state index is 0.318. The van der Waals surface area contributed by atoms with E-state index in [0.717, 1.165) is 36.3 Å². The average Bonchev–Trinajstić information content (AvgIpc) is 2.90. The van der Waals surface area contributed by atoms with Gasteiger partial charge in [-0.3, -0.25) is 0 Å². The summed E-state index contributed by atoms with van der Waals surface area (Å²) in [4.78, 5) is 4.65. The second-order valence-electron chi connectivity index (χ2n) is 4.59. The van der Waals surface area contributed by atoms with E-state index < -0.39 is 0 Å². The summed E-state index contributed by atoms with van der Waals surface area (Å²) in [6, 6.07) is 5.93. The van der Waals surface area contributed by atoms with E-state index in [2.05, 4.69) is 4.84 Å². The van der Waals surface area contributed by atoms with Crippen LogP contribution in [0.2, 0.25) is 0 Å². The Hall–Kier alpha value is -1.26. The van der Waals surface area contributed by atoms with Crippen molar-refractivity contribution < 1.29 is 14.3 Å². The maximum atomic E-state index is 6.10. The largest absolute Gasteiger partial charge is 0.493 e. The molecule has 4 heteroatoms. The molecule has 1 aliphatic carbocycles. The number of hydrogen-bond acceptors (Lipinski definition) is 4. The minimum Gasteiger partial charge on any atom is -0.493 e. The van der Waals surface area contributed by atoms with Crippen LogP contribution in [-0.4, -0.2) is 19.8 Å². The van der Waals surface area contributed by atoms with Crippen molar-refractivity contribution in [1.82, 2.24) is 0 Å². The van der Waals surface area contributed by atoms with Gasteiger partial charge in [-0.25, -0.2) is 5.90 Å². The molecule has 4 nitrogen and oxygen atoms in total. The molecule has 0 spiro atoms. The van der Waals surface area contributed by atoms with Crippen molar-refractivity contribution in [3.05, 3.63) is 23.8 Å². The highest BCUT2D eigenvalue weighted by molar-refractivity contribution is 5.47. The third-order valence-corrected chi connectivity index (χ3v) is 3.36. The van der Waals surface area contributed by atoms with E-state index in [1.807, 2.05) is 18.2 Å². The highest BCUT2D eigenvalue weighted by Crippen LogP contribution is 2.35. The fourth-order valence-corrected chi connectivity index (χ4v) is 2.39. The van der Waals surface area contributed by atoms with E-state index in [9.17, 15) is 0 Å². The molecule has 0 unspecified atom stereocenters. The number of ether oxygens (including phenoxy) is 2. The Morgan fingerprint density at radius 3 is 2.72 bits per heavy atom. The predicted molar refractivity (Wildman–Crippen MR) is 69.7 cm³/mol. The molecular weight excluding hydrogens is 230 g/mol. The minimum atomic E-state index is 0.318. The fourth-order valence-electron chi connectivity index (χ4n) is 2.39. The quantitative estimate of drug-likeness (QED) is 0.789. The first-order valence-corrected chi connectivity index (χ1v) is 6.49. The Balaban J connectivity index is 2.16. The molecule has 1 fully saturated rings. The Kier molecular flexibility index (Phi) is 4.84. The number of rotatable bonds is 6. The molecule has 1 aromatic carbocycles. The molecule has 0 saturated heterocycles. The summed E-state index contributed by atoms with van der Waals surface area (Å²) in [6.45, 7) is 0.480. The number of hydrogen-bond donors (Lipinski definition) is 1. The number of nitrogens with two attached hydrogens (primary N) is 1.